The molecule has 2 heterocycles. The van der Waals surface area contributed by atoms with Gasteiger partial charge in [-0.15, -0.1) is 0 Å². The molecule has 2 aliphatic rings. The van der Waals surface area contributed by atoms with Crippen LogP contribution in [0.4, 0.5) is 10.1 Å². The molecule has 6 heteroatoms. The average molecular weight is 364 g/mol. The summed E-state index contributed by atoms with van der Waals surface area (Å²) in [5, 5.41) is 2.81. The van der Waals surface area contributed by atoms with Crippen molar-refractivity contribution in [2.75, 3.05) is 12.1 Å². The predicted octanol–water partition coefficient (Wildman–Crippen LogP) is 3.79. The molecule has 4 nitrogen and oxygen atoms in total. The van der Waals surface area contributed by atoms with Gasteiger partial charge in [-0.1, -0.05) is 15.9 Å². The molecule has 2 aliphatic heterocycles. The van der Waals surface area contributed by atoms with E-state index in [-0.39, 0.29) is 30.9 Å². The summed E-state index contributed by atoms with van der Waals surface area (Å²) in [6.45, 7) is 0.155. The van der Waals surface area contributed by atoms with Gasteiger partial charge >= 0.3 is 0 Å². The number of anilines is 1. The van der Waals surface area contributed by atoms with Crippen molar-refractivity contribution >= 4 is 27.5 Å². The lowest BCUT2D eigenvalue weighted by Gasteiger charge is -2.26. The fraction of sp³-hybridized carbons (Fsp3) is 0.188. The number of ether oxygens (including phenoxy) is 2. The zero-order valence-corrected chi connectivity index (χ0v) is 12.9. The van der Waals surface area contributed by atoms with E-state index in [1.807, 2.05) is 6.07 Å². The second-order valence-corrected chi connectivity index (χ2v) is 6.18. The van der Waals surface area contributed by atoms with Crippen LogP contribution in [0.25, 0.3) is 0 Å². The van der Waals surface area contributed by atoms with E-state index in [2.05, 4.69) is 21.2 Å². The molecule has 112 valence electrons. The summed E-state index contributed by atoms with van der Waals surface area (Å²) in [7, 11) is 0. The molecule has 0 saturated carbocycles. The van der Waals surface area contributed by atoms with Gasteiger partial charge < -0.3 is 14.8 Å². The van der Waals surface area contributed by atoms with Crippen LogP contribution < -0.4 is 14.8 Å². The van der Waals surface area contributed by atoms with E-state index in [1.54, 1.807) is 18.2 Å². The van der Waals surface area contributed by atoms with Crippen LogP contribution in [0.2, 0.25) is 0 Å². The highest BCUT2D eigenvalue weighted by atomic mass is 79.9. The van der Waals surface area contributed by atoms with Gasteiger partial charge in [0.2, 0.25) is 12.7 Å². The Morgan fingerprint density at radius 2 is 1.91 bits per heavy atom. The molecule has 22 heavy (non-hydrogen) atoms. The number of benzene rings is 2. The van der Waals surface area contributed by atoms with E-state index in [9.17, 15) is 9.18 Å². The summed E-state index contributed by atoms with van der Waals surface area (Å²) in [5.74, 6) is 0.391. The van der Waals surface area contributed by atoms with Crippen molar-refractivity contribution < 1.29 is 18.7 Å². The first-order valence-electron chi connectivity index (χ1n) is 6.80. The Kier molecular flexibility index (Phi) is 3.07. The van der Waals surface area contributed by atoms with E-state index >= 15 is 0 Å². The lowest BCUT2D eigenvalue weighted by molar-refractivity contribution is -0.116. The first-order valence-corrected chi connectivity index (χ1v) is 7.59. The van der Waals surface area contributed by atoms with Gasteiger partial charge in [-0.3, -0.25) is 4.79 Å². The van der Waals surface area contributed by atoms with Crippen molar-refractivity contribution in [3.63, 3.8) is 0 Å². The highest BCUT2D eigenvalue weighted by molar-refractivity contribution is 9.10. The molecule has 0 fully saturated rings. The standard InChI is InChI=1S/C16H11BrFNO3/c17-8-1-2-12(18)10(3-8)9-5-16(20)19-13-6-15-14(4-11(9)13)21-7-22-15/h1-4,6,9H,5,7H2,(H,19,20)/t9-/m1/s1. The summed E-state index contributed by atoms with van der Waals surface area (Å²) >= 11 is 3.36. The van der Waals surface area contributed by atoms with Crippen molar-refractivity contribution in [3.05, 3.63) is 51.7 Å². The first-order chi connectivity index (χ1) is 10.6. The van der Waals surface area contributed by atoms with Crippen LogP contribution in [0.5, 0.6) is 11.5 Å². The Labute approximate surface area is 134 Å². The molecule has 0 saturated heterocycles. The van der Waals surface area contributed by atoms with Crippen molar-refractivity contribution in [2.24, 2.45) is 0 Å². The lowest BCUT2D eigenvalue weighted by Crippen LogP contribution is -2.24. The molecule has 0 aliphatic carbocycles. The normalized spacial score (nSPS) is 18.8. The molecular weight excluding hydrogens is 353 g/mol. The Morgan fingerprint density at radius 1 is 1.14 bits per heavy atom. The third-order valence-corrected chi connectivity index (χ3v) is 4.41. The molecule has 0 spiro atoms. The Morgan fingerprint density at radius 3 is 2.73 bits per heavy atom. The van der Waals surface area contributed by atoms with Crippen molar-refractivity contribution in [1.82, 2.24) is 0 Å². The van der Waals surface area contributed by atoms with Gasteiger partial charge in [0, 0.05) is 28.6 Å². The van der Waals surface area contributed by atoms with Gasteiger partial charge in [-0.2, -0.15) is 0 Å². The number of nitrogens with one attached hydrogen (secondary N) is 1. The summed E-state index contributed by atoms with van der Waals surface area (Å²) in [6, 6.07) is 8.31. The molecular formula is C16H11BrFNO3. The Balaban J connectivity index is 1.88. The molecule has 0 unspecified atom stereocenters. The van der Waals surface area contributed by atoms with Crippen LogP contribution in [0.1, 0.15) is 23.5 Å². The van der Waals surface area contributed by atoms with Crippen molar-refractivity contribution in [3.8, 4) is 11.5 Å². The second kappa shape index (κ2) is 4.98. The van der Waals surface area contributed by atoms with Crippen LogP contribution in [-0.4, -0.2) is 12.7 Å². The van der Waals surface area contributed by atoms with E-state index in [0.29, 0.717) is 22.7 Å². The first kappa shape index (κ1) is 13.6. The summed E-state index contributed by atoms with van der Waals surface area (Å²) in [4.78, 5) is 12.0. The minimum atomic E-state index is -0.351. The molecule has 1 amide bonds. The Hall–Kier alpha value is -2.08. The fourth-order valence-electron chi connectivity index (χ4n) is 2.91. The van der Waals surface area contributed by atoms with Crippen LogP contribution in [0.15, 0.2) is 34.8 Å². The largest absolute Gasteiger partial charge is 0.454 e. The lowest BCUT2D eigenvalue weighted by atomic mass is 9.84. The van der Waals surface area contributed by atoms with Crippen molar-refractivity contribution in [1.29, 1.82) is 0 Å². The molecule has 0 radical (unpaired) electrons. The van der Waals surface area contributed by atoms with Gasteiger partial charge in [-0.25, -0.2) is 4.39 Å². The van der Waals surface area contributed by atoms with Gasteiger partial charge in [0.1, 0.15) is 5.82 Å². The third-order valence-electron chi connectivity index (χ3n) is 3.92. The van der Waals surface area contributed by atoms with Crippen LogP contribution in [0, 0.1) is 5.82 Å². The molecule has 1 atom stereocenters. The number of hydrogen-bond donors (Lipinski definition) is 1. The topological polar surface area (TPSA) is 47.6 Å². The maximum Gasteiger partial charge on any atom is 0.231 e. The molecule has 1 N–H and O–H groups in total. The quantitative estimate of drug-likeness (QED) is 0.838. The van der Waals surface area contributed by atoms with E-state index in [1.165, 1.54) is 6.07 Å². The number of halogens is 2. The number of fused-ring (bicyclic) bond motifs is 2. The van der Waals surface area contributed by atoms with Crippen LogP contribution in [-0.2, 0) is 4.79 Å². The maximum atomic E-state index is 14.2. The summed E-state index contributed by atoms with van der Waals surface area (Å²) < 4.78 is 25.7. The number of carbonyl (C=O) groups excluding carboxylic acids is 1. The number of amides is 1. The zero-order chi connectivity index (χ0) is 15.3. The van der Waals surface area contributed by atoms with Crippen LogP contribution >= 0.6 is 15.9 Å². The van der Waals surface area contributed by atoms with E-state index < -0.39 is 0 Å². The monoisotopic (exact) mass is 363 g/mol. The van der Waals surface area contributed by atoms with Gasteiger partial charge in [0.25, 0.3) is 0 Å². The average Bonchev–Trinajstić information content (AvgIpc) is 2.94. The fourth-order valence-corrected chi connectivity index (χ4v) is 3.29. The summed E-state index contributed by atoms with van der Waals surface area (Å²) in [6.07, 6.45) is 0.194. The second-order valence-electron chi connectivity index (χ2n) is 5.26. The number of carbonyl (C=O) groups is 1. The predicted molar refractivity (Wildman–Crippen MR) is 81.8 cm³/mol. The SMILES string of the molecule is O=C1C[C@H](c2cc(Br)ccc2F)c2cc3c(cc2N1)OCO3. The summed E-state index contributed by atoms with van der Waals surface area (Å²) in [5.41, 5.74) is 1.97. The minimum Gasteiger partial charge on any atom is -0.454 e. The molecule has 2 aromatic rings. The zero-order valence-electron chi connectivity index (χ0n) is 11.4. The van der Waals surface area contributed by atoms with Crippen molar-refractivity contribution in [2.45, 2.75) is 12.3 Å². The number of hydrogen-bond acceptors (Lipinski definition) is 3. The molecule has 2 aromatic carbocycles. The van der Waals surface area contributed by atoms with Gasteiger partial charge in [0.05, 0.1) is 0 Å². The highest BCUT2D eigenvalue weighted by Gasteiger charge is 2.31. The molecule has 0 aromatic heterocycles. The van der Waals surface area contributed by atoms with E-state index in [0.717, 1.165) is 10.0 Å². The maximum absolute atomic E-state index is 14.2. The van der Waals surface area contributed by atoms with E-state index in [4.69, 9.17) is 9.47 Å². The smallest absolute Gasteiger partial charge is 0.231 e. The molecule has 4 rings (SSSR count). The number of rotatable bonds is 1. The highest BCUT2D eigenvalue weighted by Crippen LogP contribution is 2.45. The molecule has 0 bridgehead atoms. The third kappa shape index (κ3) is 2.14. The van der Waals surface area contributed by atoms with Gasteiger partial charge in [0.15, 0.2) is 11.5 Å². The minimum absolute atomic E-state index is 0.143. The van der Waals surface area contributed by atoms with Gasteiger partial charge in [-0.05, 0) is 35.4 Å². The van der Waals surface area contributed by atoms with Crippen LogP contribution in [0.3, 0.4) is 0 Å². The Bertz CT molecular complexity index is 793.